The van der Waals surface area contributed by atoms with Crippen molar-refractivity contribution in [3.05, 3.63) is 47.6 Å². The molecular weight excluding hydrogens is 240 g/mol. The molecule has 0 heterocycles. The molecule has 1 aromatic carbocycles. The summed E-state index contributed by atoms with van der Waals surface area (Å²) < 4.78 is 10.8. The molecule has 3 nitrogen and oxygen atoms in total. The van der Waals surface area contributed by atoms with E-state index in [9.17, 15) is 4.79 Å². The van der Waals surface area contributed by atoms with E-state index in [-0.39, 0.29) is 12.4 Å². The van der Waals surface area contributed by atoms with Gasteiger partial charge in [0, 0.05) is 5.56 Å². The molecule has 0 bridgehead atoms. The van der Waals surface area contributed by atoms with E-state index >= 15 is 0 Å². The van der Waals surface area contributed by atoms with E-state index < -0.39 is 0 Å². The fraction of sp³-hybridized carbons (Fsp3) is 0.312. The van der Waals surface area contributed by atoms with Crippen molar-refractivity contribution in [2.24, 2.45) is 0 Å². The number of benzene rings is 1. The predicted molar refractivity (Wildman–Crippen MR) is 77.2 cm³/mol. The summed E-state index contributed by atoms with van der Waals surface area (Å²) in [7, 11) is 1.62. The van der Waals surface area contributed by atoms with Crippen LogP contribution in [0.5, 0.6) is 5.75 Å². The Morgan fingerprint density at radius 2 is 2.05 bits per heavy atom. The van der Waals surface area contributed by atoms with Crippen molar-refractivity contribution in [3.63, 3.8) is 0 Å². The highest BCUT2D eigenvalue weighted by molar-refractivity contribution is 5.78. The average Bonchev–Trinajstić information content (AvgIpc) is 2.34. The summed E-state index contributed by atoms with van der Waals surface area (Å²) in [4.78, 5) is 11.1. The molecule has 0 fully saturated rings. The second kappa shape index (κ2) is 6.78. The molecule has 0 aliphatic rings. The quantitative estimate of drug-likeness (QED) is 0.580. The maximum absolute atomic E-state index is 11.1. The second-order valence-electron chi connectivity index (χ2n) is 4.53. The van der Waals surface area contributed by atoms with Gasteiger partial charge in [0.25, 0.3) is 0 Å². The Morgan fingerprint density at radius 1 is 1.37 bits per heavy atom. The number of Topliss-reactive ketones (excluding diaryl/α,β-unsaturated/α-hetero) is 1. The molecular formula is C16H20O3. The number of carbonyl (C=O) groups is 1. The standard InChI is InChI=1S/C16H20O3/c1-11(2)8-16(19-10-13(4)17)15-9-14(18-5)7-6-12(15)3/h6-9H,1,10H2,2-5H3/b16-8+. The molecule has 0 unspecified atom stereocenters. The van der Waals surface area contributed by atoms with Gasteiger partial charge in [0.05, 0.1) is 7.11 Å². The molecule has 0 radical (unpaired) electrons. The SMILES string of the molecule is C=C(C)/C=C(/OCC(C)=O)c1cc(OC)ccc1C. The van der Waals surface area contributed by atoms with Gasteiger partial charge in [-0.05, 0) is 44.5 Å². The smallest absolute Gasteiger partial charge is 0.167 e. The van der Waals surface area contributed by atoms with E-state index in [0.29, 0.717) is 5.76 Å². The first-order chi connectivity index (χ1) is 8.93. The summed E-state index contributed by atoms with van der Waals surface area (Å²) in [6, 6.07) is 5.74. The van der Waals surface area contributed by atoms with Gasteiger partial charge in [-0.2, -0.15) is 0 Å². The van der Waals surface area contributed by atoms with Crippen molar-refractivity contribution in [1.29, 1.82) is 0 Å². The van der Waals surface area contributed by atoms with Crippen LogP contribution in [0.4, 0.5) is 0 Å². The Balaban J connectivity index is 3.16. The first kappa shape index (κ1) is 15.0. The summed E-state index contributed by atoms with van der Waals surface area (Å²) in [5, 5.41) is 0. The van der Waals surface area contributed by atoms with Crippen molar-refractivity contribution in [3.8, 4) is 5.75 Å². The third kappa shape index (κ3) is 4.62. The molecule has 0 N–H and O–H groups in total. The van der Waals surface area contributed by atoms with E-state index in [4.69, 9.17) is 9.47 Å². The molecule has 0 aliphatic heterocycles. The molecule has 1 rings (SSSR count). The Kier molecular flexibility index (Phi) is 5.37. The molecule has 0 amide bonds. The topological polar surface area (TPSA) is 35.5 Å². The lowest BCUT2D eigenvalue weighted by Gasteiger charge is -2.13. The Labute approximate surface area is 114 Å². The summed E-state index contributed by atoms with van der Waals surface area (Å²) in [6.07, 6.45) is 1.82. The Bertz CT molecular complexity index is 513. The van der Waals surface area contributed by atoms with Gasteiger partial charge in [-0.15, -0.1) is 0 Å². The molecule has 102 valence electrons. The fourth-order valence-electron chi connectivity index (χ4n) is 1.59. The van der Waals surface area contributed by atoms with Crippen LogP contribution in [0, 0.1) is 6.92 Å². The Morgan fingerprint density at radius 3 is 2.58 bits per heavy atom. The minimum absolute atomic E-state index is 0.0202. The number of rotatable bonds is 6. The maximum Gasteiger partial charge on any atom is 0.167 e. The zero-order valence-corrected chi connectivity index (χ0v) is 11.9. The number of methoxy groups -OCH3 is 1. The highest BCUT2D eigenvalue weighted by Crippen LogP contribution is 2.25. The normalized spacial score (nSPS) is 11.1. The first-order valence-corrected chi connectivity index (χ1v) is 6.08. The molecule has 0 atom stereocenters. The lowest BCUT2D eigenvalue weighted by Crippen LogP contribution is -2.04. The zero-order chi connectivity index (χ0) is 14.4. The van der Waals surface area contributed by atoms with Gasteiger partial charge in [-0.25, -0.2) is 0 Å². The van der Waals surface area contributed by atoms with E-state index in [0.717, 1.165) is 22.4 Å². The fourth-order valence-corrected chi connectivity index (χ4v) is 1.59. The minimum atomic E-state index is -0.0202. The highest BCUT2D eigenvalue weighted by atomic mass is 16.5. The van der Waals surface area contributed by atoms with Crippen LogP contribution in [0.3, 0.4) is 0 Å². The van der Waals surface area contributed by atoms with Crippen LogP contribution in [-0.4, -0.2) is 19.5 Å². The Hall–Kier alpha value is -2.03. The molecule has 3 heteroatoms. The third-order valence-corrected chi connectivity index (χ3v) is 2.52. The van der Waals surface area contributed by atoms with E-state index in [1.807, 2.05) is 38.1 Å². The van der Waals surface area contributed by atoms with Crippen LogP contribution in [0.2, 0.25) is 0 Å². The number of ketones is 1. The monoisotopic (exact) mass is 260 g/mol. The lowest BCUT2D eigenvalue weighted by molar-refractivity contribution is -0.119. The summed E-state index contributed by atoms with van der Waals surface area (Å²) in [6.45, 7) is 9.26. The van der Waals surface area contributed by atoms with Gasteiger partial charge >= 0.3 is 0 Å². The summed E-state index contributed by atoms with van der Waals surface area (Å²) in [5.41, 5.74) is 2.82. The molecule has 0 saturated carbocycles. The number of ether oxygens (including phenoxy) is 2. The van der Waals surface area contributed by atoms with Gasteiger partial charge < -0.3 is 9.47 Å². The lowest BCUT2D eigenvalue weighted by atomic mass is 10.1. The van der Waals surface area contributed by atoms with Gasteiger partial charge in [0.15, 0.2) is 5.78 Å². The zero-order valence-electron chi connectivity index (χ0n) is 11.9. The summed E-state index contributed by atoms with van der Waals surface area (Å²) >= 11 is 0. The largest absolute Gasteiger partial charge is 0.497 e. The van der Waals surface area contributed by atoms with E-state index in [2.05, 4.69) is 6.58 Å². The van der Waals surface area contributed by atoms with Crippen LogP contribution in [0.15, 0.2) is 36.4 Å². The molecule has 19 heavy (non-hydrogen) atoms. The summed E-state index contributed by atoms with van der Waals surface area (Å²) in [5.74, 6) is 1.37. The van der Waals surface area contributed by atoms with Crippen molar-refractivity contribution in [2.75, 3.05) is 13.7 Å². The van der Waals surface area contributed by atoms with Gasteiger partial charge in [-0.1, -0.05) is 18.2 Å². The average molecular weight is 260 g/mol. The van der Waals surface area contributed by atoms with Crippen LogP contribution >= 0.6 is 0 Å². The van der Waals surface area contributed by atoms with Gasteiger partial charge in [-0.3, -0.25) is 4.79 Å². The minimum Gasteiger partial charge on any atom is -0.497 e. The van der Waals surface area contributed by atoms with Crippen molar-refractivity contribution in [1.82, 2.24) is 0 Å². The molecule has 1 aromatic rings. The number of allylic oxidation sites excluding steroid dienone is 2. The predicted octanol–water partition coefficient (Wildman–Crippen LogP) is 3.53. The van der Waals surface area contributed by atoms with E-state index in [1.165, 1.54) is 6.92 Å². The molecule has 0 aromatic heterocycles. The number of aryl methyl sites for hydroxylation is 1. The molecule has 0 spiro atoms. The van der Waals surface area contributed by atoms with Crippen molar-refractivity contribution in [2.45, 2.75) is 20.8 Å². The number of carbonyl (C=O) groups excluding carboxylic acids is 1. The van der Waals surface area contributed by atoms with Crippen LogP contribution < -0.4 is 4.74 Å². The van der Waals surface area contributed by atoms with Crippen LogP contribution in [-0.2, 0) is 9.53 Å². The van der Waals surface area contributed by atoms with Crippen molar-refractivity contribution < 1.29 is 14.3 Å². The molecule has 0 aliphatic carbocycles. The van der Waals surface area contributed by atoms with E-state index in [1.54, 1.807) is 7.11 Å². The van der Waals surface area contributed by atoms with Gasteiger partial charge in [0.1, 0.15) is 18.1 Å². The maximum atomic E-state index is 11.1. The molecule has 0 saturated heterocycles. The first-order valence-electron chi connectivity index (χ1n) is 6.08. The van der Waals surface area contributed by atoms with Crippen LogP contribution in [0.25, 0.3) is 5.76 Å². The number of hydrogen-bond donors (Lipinski definition) is 0. The number of hydrogen-bond acceptors (Lipinski definition) is 3. The van der Waals surface area contributed by atoms with Crippen molar-refractivity contribution >= 4 is 11.5 Å². The van der Waals surface area contributed by atoms with Gasteiger partial charge in [0.2, 0.25) is 0 Å². The van der Waals surface area contributed by atoms with Crippen LogP contribution in [0.1, 0.15) is 25.0 Å². The highest BCUT2D eigenvalue weighted by Gasteiger charge is 2.09. The second-order valence-corrected chi connectivity index (χ2v) is 4.53. The third-order valence-electron chi connectivity index (χ3n) is 2.52.